The summed E-state index contributed by atoms with van der Waals surface area (Å²) in [6.45, 7) is 12.9. The molecule has 0 saturated carbocycles. The highest BCUT2D eigenvalue weighted by Crippen LogP contribution is 2.31. The van der Waals surface area contributed by atoms with Crippen molar-refractivity contribution in [3.05, 3.63) is 63.1 Å². The van der Waals surface area contributed by atoms with Crippen molar-refractivity contribution in [1.82, 2.24) is 4.90 Å². The molecule has 0 N–H and O–H groups in total. The van der Waals surface area contributed by atoms with Crippen LogP contribution in [0.4, 0.5) is 0 Å². The smallest absolute Gasteiger partial charge is 0.261 e. The molecule has 0 spiro atoms. The summed E-state index contributed by atoms with van der Waals surface area (Å²) in [4.78, 5) is 14.8. The normalized spacial score (nSPS) is 11.3. The Morgan fingerprint density at radius 1 is 1.08 bits per heavy atom. The molecule has 0 saturated heterocycles. The summed E-state index contributed by atoms with van der Waals surface area (Å²) in [6, 6.07) is 12.0. The first-order valence-corrected chi connectivity index (χ1v) is 9.64. The summed E-state index contributed by atoms with van der Waals surface area (Å²) >= 11 is 3.60. The predicted octanol–water partition coefficient (Wildman–Crippen LogP) is 5.58. The number of carbonyl (C=O) groups is 1. The van der Waals surface area contributed by atoms with Crippen molar-refractivity contribution in [3.8, 4) is 5.75 Å². The lowest BCUT2D eigenvalue weighted by Gasteiger charge is -2.36. The van der Waals surface area contributed by atoms with E-state index in [1.54, 1.807) is 0 Å². The average Bonchev–Trinajstić information content (AvgIpc) is 2.59. The van der Waals surface area contributed by atoms with Crippen molar-refractivity contribution >= 4 is 21.8 Å². The molecule has 0 aromatic heterocycles. The van der Waals surface area contributed by atoms with Crippen LogP contribution in [-0.2, 0) is 11.3 Å². The van der Waals surface area contributed by atoms with Crippen LogP contribution in [0.25, 0.3) is 0 Å². The number of amides is 1. The van der Waals surface area contributed by atoms with Gasteiger partial charge < -0.3 is 9.64 Å². The van der Waals surface area contributed by atoms with Gasteiger partial charge in [-0.3, -0.25) is 4.79 Å². The number of benzene rings is 2. The van der Waals surface area contributed by atoms with Gasteiger partial charge in [-0.2, -0.15) is 0 Å². The lowest BCUT2D eigenvalue weighted by Crippen LogP contribution is -2.47. The number of halogens is 1. The third kappa shape index (κ3) is 4.88. The Morgan fingerprint density at radius 3 is 2.27 bits per heavy atom. The monoisotopic (exact) mass is 417 g/mol. The average molecular weight is 418 g/mol. The highest BCUT2D eigenvalue weighted by molar-refractivity contribution is 9.10. The number of carbonyl (C=O) groups excluding carboxylic acids is 1. The van der Waals surface area contributed by atoms with E-state index in [0.29, 0.717) is 6.54 Å². The Bertz CT molecular complexity index is 779. The Kier molecular flexibility index (Phi) is 6.51. The van der Waals surface area contributed by atoms with E-state index in [-0.39, 0.29) is 18.1 Å². The molecule has 0 radical (unpaired) electrons. The van der Waals surface area contributed by atoms with Gasteiger partial charge in [0.25, 0.3) is 5.91 Å². The molecule has 0 aliphatic carbocycles. The Labute approximate surface area is 165 Å². The maximum atomic E-state index is 12.9. The molecule has 2 aromatic rings. The number of nitrogens with zero attached hydrogens (tertiary/aromatic N) is 1. The molecule has 0 aliphatic rings. The van der Waals surface area contributed by atoms with Crippen molar-refractivity contribution in [2.24, 2.45) is 0 Å². The molecule has 2 aromatic carbocycles. The fraction of sp³-hybridized carbons (Fsp3) is 0.409. The van der Waals surface area contributed by atoms with E-state index in [9.17, 15) is 4.79 Å². The molecular formula is C22H28BrNO2. The van der Waals surface area contributed by atoms with E-state index in [0.717, 1.165) is 32.5 Å². The van der Waals surface area contributed by atoms with Crippen molar-refractivity contribution in [2.75, 3.05) is 6.61 Å². The minimum absolute atomic E-state index is 0.0148. The van der Waals surface area contributed by atoms with Crippen LogP contribution in [0.1, 0.15) is 43.0 Å². The van der Waals surface area contributed by atoms with E-state index in [4.69, 9.17) is 4.74 Å². The third-order valence-corrected chi connectivity index (χ3v) is 5.82. The molecule has 4 heteroatoms. The second-order valence-corrected chi connectivity index (χ2v) is 8.47. The summed E-state index contributed by atoms with van der Waals surface area (Å²) in [7, 11) is 0. The van der Waals surface area contributed by atoms with Gasteiger partial charge >= 0.3 is 0 Å². The highest BCUT2D eigenvalue weighted by Gasteiger charge is 2.27. The van der Waals surface area contributed by atoms with Gasteiger partial charge in [0, 0.05) is 16.6 Å². The molecule has 0 aliphatic heterocycles. The summed E-state index contributed by atoms with van der Waals surface area (Å²) in [5.41, 5.74) is 4.14. The van der Waals surface area contributed by atoms with Crippen LogP contribution in [0.2, 0.25) is 0 Å². The van der Waals surface area contributed by atoms with Crippen LogP contribution in [0.5, 0.6) is 5.75 Å². The SMILES string of the molecule is Cc1cc(OCC(=O)N(Cc2ccccc2)C(C)(C)C)c(C)c(C)c1Br. The van der Waals surface area contributed by atoms with Crippen molar-refractivity contribution in [3.63, 3.8) is 0 Å². The summed E-state index contributed by atoms with van der Waals surface area (Å²) in [5, 5.41) is 0. The summed E-state index contributed by atoms with van der Waals surface area (Å²) in [6.07, 6.45) is 0. The molecule has 0 heterocycles. The van der Waals surface area contributed by atoms with Gasteiger partial charge in [0.1, 0.15) is 5.75 Å². The second-order valence-electron chi connectivity index (χ2n) is 7.68. The number of hydrogen-bond donors (Lipinski definition) is 0. The van der Waals surface area contributed by atoms with E-state index >= 15 is 0 Å². The molecular weight excluding hydrogens is 390 g/mol. The fourth-order valence-corrected chi connectivity index (χ4v) is 3.26. The molecule has 0 unspecified atom stereocenters. The van der Waals surface area contributed by atoms with Crippen molar-refractivity contribution in [1.29, 1.82) is 0 Å². The second kappa shape index (κ2) is 8.26. The largest absolute Gasteiger partial charge is 0.483 e. The van der Waals surface area contributed by atoms with Crippen LogP contribution in [0.3, 0.4) is 0 Å². The molecule has 0 bridgehead atoms. The van der Waals surface area contributed by atoms with E-state index in [1.807, 2.05) is 75.9 Å². The maximum Gasteiger partial charge on any atom is 0.261 e. The topological polar surface area (TPSA) is 29.5 Å². The molecule has 1 amide bonds. The zero-order valence-corrected chi connectivity index (χ0v) is 18.1. The zero-order valence-electron chi connectivity index (χ0n) is 16.5. The zero-order chi connectivity index (χ0) is 19.5. The first-order chi connectivity index (χ1) is 12.1. The third-order valence-electron chi connectivity index (χ3n) is 4.60. The van der Waals surface area contributed by atoms with Gasteiger partial charge in [0.15, 0.2) is 6.61 Å². The highest BCUT2D eigenvalue weighted by atomic mass is 79.9. The van der Waals surface area contributed by atoms with Gasteiger partial charge in [-0.1, -0.05) is 46.3 Å². The van der Waals surface area contributed by atoms with Crippen LogP contribution in [0.15, 0.2) is 40.9 Å². The molecule has 0 atom stereocenters. The molecule has 2 rings (SSSR count). The van der Waals surface area contributed by atoms with Gasteiger partial charge in [-0.15, -0.1) is 0 Å². The maximum absolute atomic E-state index is 12.9. The molecule has 140 valence electrons. The Balaban J connectivity index is 2.16. The summed E-state index contributed by atoms with van der Waals surface area (Å²) < 4.78 is 7.01. The number of aryl methyl sites for hydroxylation is 1. The number of ether oxygens (including phenoxy) is 1. The first-order valence-electron chi connectivity index (χ1n) is 8.84. The van der Waals surface area contributed by atoms with Gasteiger partial charge in [0.2, 0.25) is 0 Å². The van der Waals surface area contributed by atoms with Gasteiger partial charge in [-0.25, -0.2) is 0 Å². The van der Waals surface area contributed by atoms with E-state index in [2.05, 4.69) is 22.9 Å². The van der Waals surface area contributed by atoms with Crippen molar-refractivity contribution < 1.29 is 9.53 Å². The van der Waals surface area contributed by atoms with Gasteiger partial charge in [0.05, 0.1) is 0 Å². The Morgan fingerprint density at radius 2 is 1.69 bits per heavy atom. The standard InChI is InChI=1S/C22H28BrNO2/c1-15-12-19(16(2)17(3)21(15)23)26-14-20(25)24(22(4,5)6)13-18-10-8-7-9-11-18/h7-12H,13-14H2,1-6H3. The lowest BCUT2D eigenvalue weighted by atomic mass is 10.0. The van der Waals surface area contributed by atoms with Crippen LogP contribution in [-0.4, -0.2) is 23.0 Å². The van der Waals surface area contributed by atoms with E-state index in [1.165, 1.54) is 0 Å². The van der Waals surface area contributed by atoms with Crippen LogP contribution in [0, 0.1) is 20.8 Å². The predicted molar refractivity (Wildman–Crippen MR) is 111 cm³/mol. The summed E-state index contributed by atoms with van der Waals surface area (Å²) in [5.74, 6) is 0.754. The molecule has 26 heavy (non-hydrogen) atoms. The minimum Gasteiger partial charge on any atom is -0.483 e. The van der Waals surface area contributed by atoms with Crippen LogP contribution >= 0.6 is 15.9 Å². The quantitative estimate of drug-likeness (QED) is 0.635. The molecule has 3 nitrogen and oxygen atoms in total. The lowest BCUT2D eigenvalue weighted by molar-refractivity contribution is -0.139. The number of hydrogen-bond acceptors (Lipinski definition) is 2. The Hall–Kier alpha value is -1.81. The first kappa shape index (κ1) is 20.5. The molecule has 0 fully saturated rings. The van der Waals surface area contributed by atoms with E-state index < -0.39 is 0 Å². The number of rotatable bonds is 5. The van der Waals surface area contributed by atoms with Gasteiger partial charge in [-0.05, 0) is 69.9 Å². The van der Waals surface area contributed by atoms with Crippen molar-refractivity contribution in [2.45, 2.75) is 53.6 Å². The minimum atomic E-state index is -0.281. The fourth-order valence-electron chi connectivity index (χ4n) is 2.85. The van der Waals surface area contributed by atoms with Crippen LogP contribution < -0.4 is 4.74 Å².